The molecule has 1 heterocycles. The number of rotatable bonds is 3. The minimum absolute atomic E-state index is 0.252. The lowest BCUT2D eigenvalue weighted by atomic mass is 9.75. The van der Waals surface area contributed by atoms with Gasteiger partial charge in [-0.1, -0.05) is 13.8 Å². The normalized spacial score (nSPS) is 19.4. The molecule has 0 aliphatic heterocycles. The Kier molecular flexibility index (Phi) is 3.55. The molecule has 4 nitrogen and oxygen atoms in total. The third kappa shape index (κ3) is 3.00. The fourth-order valence-electron chi connectivity index (χ4n) is 2.45. The van der Waals surface area contributed by atoms with E-state index in [1.807, 2.05) is 0 Å². The third-order valence-corrected chi connectivity index (χ3v) is 3.75. The highest BCUT2D eigenvalue weighted by Crippen LogP contribution is 2.36. The number of carboxylic acid groups (broad SMARTS) is 1. The van der Waals surface area contributed by atoms with Gasteiger partial charge in [0.25, 0.3) is 0 Å². The van der Waals surface area contributed by atoms with Crippen LogP contribution in [0.15, 0.2) is 18.5 Å². The van der Waals surface area contributed by atoms with Crippen molar-refractivity contribution >= 4 is 11.7 Å². The molecule has 18 heavy (non-hydrogen) atoms. The fourth-order valence-corrected chi connectivity index (χ4v) is 2.45. The van der Waals surface area contributed by atoms with Crippen LogP contribution in [0.2, 0.25) is 0 Å². The maximum absolute atomic E-state index is 11.1. The second-order valence-electron chi connectivity index (χ2n) is 5.81. The molecular weight excluding hydrogens is 228 g/mol. The van der Waals surface area contributed by atoms with Crippen LogP contribution in [0, 0.1) is 5.41 Å². The van der Waals surface area contributed by atoms with Gasteiger partial charge in [0.05, 0.1) is 5.69 Å². The van der Waals surface area contributed by atoms with Crippen LogP contribution in [0.1, 0.15) is 49.9 Å². The molecule has 0 unspecified atom stereocenters. The molecule has 0 aromatic carbocycles. The molecule has 98 valence electrons. The first-order valence-corrected chi connectivity index (χ1v) is 6.42. The van der Waals surface area contributed by atoms with Gasteiger partial charge in [0.15, 0.2) is 0 Å². The van der Waals surface area contributed by atoms with E-state index in [4.69, 9.17) is 5.11 Å². The predicted octanol–water partition coefficient (Wildman–Crippen LogP) is 3.16. The Morgan fingerprint density at radius 2 is 2.11 bits per heavy atom. The van der Waals surface area contributed by atoms with E-state index in [1.165, 1.54) is 19.0 Å². The summed E-state index contributed by atoms with van der Waals surface area (Å²) in [6.45, 7) is 4.58. The van der Waals surface area contributed by atoms with Gasteiger partial charge in [-0.3, -0.25) is 4.98 Å². The van der Waals surface area contributed by atoms with E-state index in [9.17, 15) is 4.79 Å². The Hall–Kier alpha value is -1.58. The summed E-state index contributed by atoms with van der Waals surface area (Å²) in [4.78, 5) is 14.9. The van der Waals surface area contributed by atoms with Crippen molar-refractivity contribution in [3.8, 4) is 0 Å². The largest absolute Gasteiger partial charge is 0.478 e. The summed E-state index contributed by atoms with van der Waals surface area (Å²) in [6, 6.07) is 2.11. The zero-order valence-corrected chi connectivity index (χ0v) is 10.9. The van der Waals surface area contributed by atoms with Crippen LogP contribution >= 0.6 is 0 Å². The first-order chi connectivity index (χ1) is 8.48. The molecule has 1 fully saturated rings. The Morgan fingerprint density at radius 3 is 2.72 bits per heavy atom. The van der Waals surface area contributed by atoms with Crippen molar-refractivity contribution in [2.45, 2.75) is 45.6 Å². The third-order valence-electron chi connectivity index (χ3n) is 3.75. The lowest BCUT2D eigenvalue weighted by molar-refractivity contribution is 0.0697. The minimum atomic E-state index is -0.929. The first-order valence-electron chi connectivity index (χ1n) is 6.42. The molecule has 2 rings (SSSR count). The Bertz CT molecular complexity index is 433. The highest BCUT2D eigenvalue weighted by Gasteiger charge is 2.27. The van der Waals surface area contributed by atoms with Gasteiger partial charge in [0, 0.05) is 18.4 Å². The molecule has 0 spiro atoms. The molecular formula is C14H20N2O2. The van der Waals surface area contributed by atoms with Crippen LogP contribution in [-0.2, 0) is 0 Å². The molecule has 1 aliphatic carbocycles. The van der Waals surface area contributed by atoms with Crippen molar-refractivity contribution < 1.29 is 9.90 Å². The van der Waals surface area contributed by atoms with E-state index in [1.54, 1.807) is 12.3 Å². The van der Waals surface area contributed by atoms with E-state index < -0.39 is 5.97 Å². The van der Waals surface area contributed by atoms with Gasteiger partial charge in [-0.15, -0.1) is 0 Å². The van der Waals surface area contributed by atoms with Gasteiger partial charge in [-0.05, 0) is 37.2 Å². The summed E-state index contributed by atoms with van der Waals surface area (Å²) in [5, 5.41) is 12.4. The minimum Gasteiger partial charge on any atom is -0.478 e. The van der Waals surface area contributed by atoms with Gasteiger partial charge in [-0.25, -0.2) is 4.79 Å². The highest BCUT2D eigenvalue weighted by molar-refractivity contribution is 5.93. The molecule has 1 aromatic heterocycles. The van der Waals surface area contributed by atoms with Crippen molar-refractivity contribution in [2.75, 3.05) is 5.32 Å². The number of hydrogen-bond donors (Lipinski definition) is 2. The van der Waals surface area contributed by atoms with Gasteiger partial charge >= 0.3 is 5.97 Å². The number of nitrogens with zero attached hydrogens (tertiary/aromatic N) is 1. The highest BCUT2D eigenvalue weighted by atomic mass is 16.4. The van der Waals surface area contributed by atoms with Gasteiger partial charge in [-0.2, -0.15) is 0 Å². The number of pyridine rings is 1. The number of hydrogen-bond acceptors (Lipinski definition) is 3. The quantitative estimate of drug-likeness (QED) is 0.862. The standard InChI is InChI=1S/C14H20N2O2/c1-14(2)6-3-10(4-7-14)16-12-5-8-15-9-11(12)13(17)18/h5,8-10H,3-4,6-7H2,1-2H3,(H,15,16)(H,17,18). The van der Waals surface area contributed by atoms with E-state index >= 15 is 0 Å². The maximum atomic E-state index is 11.1. The molecule has 4 heteroatoms. The van der Waals surface area contributed by atoms with Crippen LogP contribution < -0.4 is 5.32 Å². The molecule has 0 radical (unpaired) electrons. The summed E-state index contributed by atoms with van der Waals surface area (Å²) >= 11 is 0. The average Bonchev–Trinajstić information content (AvgIpc) is 2.32. The Balaban J connectivity index is 2.04. The average molecular weight is 248 g/mol. The fraction of sp³-hybridized carbons (Fsp3) is 0.571. The van der Waals surface area contributed by atoms with E-state index in [-0.39, 0.29) is 5.56 Å². The van der Waals surface area contributed by atoms with Gasteiger partial charge in [0.2, 0.25) is 0 Å². The van der Waals surface area contributed by atoms with Crippen LogP contribution in [0.4, 0.5) is 5.69 Å². The molecule has 1 saturated carbocycles. The maximum Gasteiger partial charge on any atom is 0.339 e. The summed E-state index contributed by atoms with van der Waals surface area (Å²) in [7, 11) is 0. The second-order valence-corrected chi connectivity index (χ2v) is 5.81. The lowest BCUT2D eigenvalue weighted by Gasteiger charge is -2.35. The molecule has 2 N–H and O–H groups in total. The summed E-state index contributed by atoms with van der Waals surface area (Å²) in [5.41, 5.74) is 1.36. The number of anilines is 1. The SMILES string of the molecule is CC1(C)CCC(Nc2ccncc2C(=O)O)CC1. The van der Waals surface area contributed by atoms with Crippen molar-refractivity contribution in [1.82, 2.24) is 4.98 Å². The topological polar surface area (TPSA) is 62.2 Å². The van der Waals surface area contributed by atoms with Crippen LogP contribution in [0.3, 0.4) is 0 Å². The molecule has 0 saturated heterocycles. The predicted molar refractivity (Wildman–Crippen MR) is 70.9 cm³/mol. The molecule has 0 amide bonds. The number of nitrogens with one attached hydrogen (secondary N) is 1. The van der Waals surface area contributed by atoms with Crippen molar-refractivity contribution in [1.29, 1.82) is 0 Å². The summed E-state index contributed by atoms with van der Waals surface area (Å²) in [5.74, 6) is -0.929. The zero-order valence-electron chi connectivity index (χ0n) is 10.9. The first kappa shape index (κ1) is 12.9. The smallest absolute Gasteiger partial charge is 0.339 e. The monoisotopic (exact) mass is 248 g/mol. The summed E-state index contributed by atoms with van der Waals surface area (Å²) < 4.78 is 0. The van der Waals surface area contributed by atoms with E-state index in [0.29, 0.717) is 17.1 Å². The van der Waals surface area contributed by atoms with Crippen LogP contribution in [0.5, 0.6) is 0 Å². The number of aromatic nitrogens is 1. The van der Waals surface area contributed by atoms with Gasteiger partial charge < -0.3 is 10.4 Å². The summed E-state index contributed by atoms with van der Waals surface area (Å²) in [6.07, 6.45) is 7.57. The number of carbonyl (C=O) groups is 1. The van der Waals surface area contributed by atoms with Gasteiger partial charge in [0.1, 0.15) is 5.56 Å². The van der Waals surface area contributed by atoms with E-state index in [2.05, 4.69) is 24.1 Å². The van der Waals surface area contributed by atoms with Crippen molar-refractivity contribution in [3.63, 3.8) is 0 Å². The zero-order chi connectivity index (χ0) is 13.2. The van der Waals surface area contributed by atoms with Crippen LogP contribution in [-0.4, -0.2) is 22.1 Å². The lowest BCUT2D eigenvalue weighted by Crippen LogP contribution is -2.30. The molecule has 0 bridgehead atoms. The molecule has 0 atom stereocenters. The van der Waals surface area contributed by atoms with Crippen LogP contribution in [0.25, 0.3) is 0 Å². The van der Waals surface area contributed by atoms with Crippen molar-refractivity contribution in [2.24, 2.45) is 5.41 Å². The number of carboxylic acids is 1. The number of aromatic carboxylic acids is 1. The molecule has 1 aromatic rings. The van der Waals surface area contributed by atoms with Crippen molar-refractivity contribution in [3.05, 3.63) is 24.0 Å². The second kappa shape index (κ2) is 4.96. The molecule has 1 aliphatic rings. The Labute approximate surface area is 107 Å². The Morgan fingerprint density at radius 1 is 1.44 bits per heavy atom. The van der Waals surface area contributed by atoms with E-state index in [0.717, 1.165) is 12.8 Å².